The Morgan fingerprint density at radius 3 is 2.76 bits per heavy atom. The Morgan fingerprint density at radius 2 is 2.04 bits per heavy atom. The van der Waals surface area contributed by atoms with Crippen LogP contribution in [0.1, 0.15) is 16.2 Å². The molecule has 1 amide bonds. The Hall–Kier alpha value is -2.67. The van der Waals surface area contributed by atoms with Gasteiger partial charge in [0.15, 0.2) is 0 Å². The van der Waals surface area contributed by atoms with Gasteiger partial charge in [-0.05, 0) is 46.3 Å². The molecule has 0 saturated carbocycles. The van der Waals surface area contributed by atoms with Gasteiger partial charge in [-0.15, -0.1) is 0 Å². The number of aromatic nitrogens is 2. The van der Waals surface area contributed by atoms with Gasteiger partial charge in [0.1, 0.15) is 11.6 Å². The predicted octanol–water partition coefficient (Wildman–Crippen LogP) is 2.97. The summed E-state index contributed by atoms with van der Waals surface area (Å²) in [5.41, 5.74) is 0.904. The molecule has 0 unspecified atom stereocenters. The van der Waals surface area contributed by atoms with Crippen molar-refractivity contribution in [2.45, 2.75) is 6.54 Å². The van der Waals surface area contributed by atoms with Crippen molar-refractivity contribution < 1.29 is 9.53 Å². The number of hydrogen-bond donors (Lipinski definition) is 1. The second kappa shape index (κ2) is 7.06. The minimum atomic E-state index is -0.214. The summed E-state index contributed by atoms with van der Waals surface area (Å²) in [6, 6.07) is 12.2. The summed E-state index contributed by atoms with van der Waals surface area (Å²) in [5, 5.41) is 0.527. The zero-order valence-corrected chi connectivity index (χ0v) is 15.3. The van der Waals surface area contributed by atoms with E-state index in [0.717, 1.165) is 0 Å². The van der Waals surface area contributed by atoms with Crippen LogP contribution in [0.2, 0.25) is 0 Å². The van der Waals surface area contributed by atoms with E-state index in [1.807, 2.05) is 6.07 Å². The molecular formula is C18H16BrN3O3. The highest BCUT2D eigenvalue weighted by Crippen LogP contribution is 2.26. The molecule has 2 aromatic carbocycles. The number of rotatable bonds is 4. The number of H-pyrrole nitrogens is 1. The van der Waals surface area contributed by atoms with E-state index in [0.29, 0.717) is 32.5 Å². The molecule has 6 nitrogen and oxygen atoms in total. The van der Waals surface area contributed by atoms with Crippen LogP contribution in [0.3, 0.4) is 0 Å². The third kappa shape index (κ3) is 3.56. The number of aromatic amines is 1. The first-order valence-electron chi connectivity index (χ1n) is 7.56. The second-order valence-corrected chi connectivity index (χ2v) is 6.39. The van der Waals surface area contributed by atoms with Gasteiger partial charge in [-0.25, -0.2) is 4.98 Å². The van der Waals surface area contributed by atoms with Gasteiger partial charge in [-0.3, -0.25) is 9.59 Å². The molecule has 0 fully saturated rings. The van der Waals surface area contributed by atoms with Crippen molar-refractivity contribution in [1.82, 2.24) is 14.9 Å². The van der Waals surface area contributed by atoms with Crippen molar-refractivity contribution in [3.8, 4) is 5.75 Å². The molecule has 3 aromatic rings. The van der Waals surface area contributed by atoms with Gasteiger partial charge >= 0.3 is 0 Å². The lowest BCUT2D eigenvalue weighted by molar-refractivity contribution is 0.0781. The van der Waals surface area contributed by atoms with Crippen LogP contribution in [-0.2, 0) is 6.54 Å². The highest BCUT2D eigenvalue weighted by molar-refractivity contribution is 9.10. The lowest BCUT2D eigenvalue weighted by Gasteiger charge is -2.17. The van der Waals surface area contributed by atoms with Crippen molar-refractivity contribution in [1.29, 1.82) is 0 Å². The van der Waals surface area contributed by atoms with Crippen molar-refractivity contribution in [3.63, 3.8) is 0 Å². The molecule has 0 bridgehead atoms. The van der Waals surface area contributed by atoms with Crippen LogP contribution in [0.15, 0.2) is 51.7 Å². The molecule has 0 aliphatic heterocycles. The molecule has 7 heteroatoms. The van der Waals surface area contributed by atoms with Gasteiger partial charge in [0.2, 0.25) is 0 Å². The van der Waals surface area contributed by atoms with Crippen molar-refractivity contribution in [3.05, 3.63) is 68.7 Å². The highest BCUT2D eigenvalue weighted by Gasteiger charge is 2.15. The summed E-state index contributed by atoms with van der Waals surface area (Å²) in [7, 11) is 3.23. The summed E-state index contributed by atoms with van der Waals surface area (Å²) in [4.78, 5) is 33.4. The first-order valence-corrected chi connectivity index (χ1v) is 8.36. The fourth-order valence-corrected chi connectivity index (χ4v) is 3.07. The number of fused-ring (bicyclic) bond motifs is 1. The smallest absolute Gasteiger partial charge is 0.258 e. The molecule has 25 heavy (non-hydrogen) atoms. The number of carbonyl (C=O) groups is 1. The van der Waals surface area contributed by atoms with Crippen LogP contribution in [0.5, 0.6) is 5.75 Å². The minimum Gasteiger partial charge on any atom is -0.496 e. The van der Waals surface area contributed by atoms with E-state index in [1.165, 1.54) is 4.90 Å². The second-order valence-electron chi connectivity index (χ2n) is 5.54. The summed E-state index contributed by atoms with van der Waals surface area (Å²) in [6.07, 6.45) is 0. The van der Waals surface area contributed by atoms with Crippen LogP contribution < -0.4 is 10.3 Å². The Balaban J connectivity index is 1.84. The number of halogens is 1. The average molecular weight is 402 g/mol. The van der Waals surface area contributed by atoms with E-state index >= 15 is 0 Å². The SMILES string of the molecule is COc1ccc(C(=O)N(C)Cc2nc3ccccc3c(=O)[nH]2)cc1Br. The van der Waals surface area contributed by atoms with Gasteiger partial charge in [0, 0.05) is 12.6 Å². The van der Waals surface area contributed by atoms with Gasteiger partial charge in [0.05, 0.1) is 29.0 Å². The molecule has 3 rings (SSSR count). The fourth-order valence-electron chi connectivity index (χ4n) is 2.53. The Bertz CT molecular complexity index is 1000. The molecule has 1 N–H and O–H groups in total. The maximum absolute atomic E-state index is 12.6. The summed E-state index contributed by atoms with van der Waals surface area (Å²) in [5.74, 6) is 0.908. The van der Waals surface area contributed by atoms with Gasteiger partial charge in [-0.1, -0.05) is 12.1 Å². The number of carbonyl (C=O) groups excluding carboxylic acids is 1. The molecule has 0 atom stereocenters. The fraction of sp³-hybridized carbons (Fsp3) is 0.167. The zero-order valence-electron chi connectivity index (χ0n) is 13.7. The maximum atomic E-state index is 12.6. The Kier molecular flexibility index (Phi) is 4.85. The number of nitrogens with one attached hydrogen (secondary N) is 1. The third-order valence-electron chi connectivity index (χ3n) is 3.79. The van der Waals surface area contributed by atoms with Gasteiger partial charge < -0.3 is 14.6 Å². The molecule has 0 radical (unpaired) electrons. The minimum absolute atomic E-state index is 0.181. The lowest BCUT2D eigenvalue weighted by Crippen LogP contribution is -2.28. The number of para-hydroxylation sites is 1. The van der Waals surface area contributed by atoms with Crippen molar-refractivity contribution in [2.75, 3.05) is 14.2 Å². The molecule has 0 aliphatic carbocycles. The first-order chi connectivity index (χ1) is 12.0. The van der Waals surface area contributed by atoms with Crippen molar-refractivity contribution in [2.24, 2.45) is 0 Å². The number of methoxy groups -OCH3 is 1. The maximum Gasteiger partial charge on any atom is 0.258 e. The number of benzene rings is 2. The molecule has 0 aliphatic rings. The predicted molar refractivity (Wildman–Crippen MR) is 98.9 cm³/mol. The van der Waals surface area contributed by atoms with E-state index in [1.54, 1.807) is 50.6 Å². The highest BCUT2D eigenvalue weighted by atomic mass is 79.9. The number of ether oxygens (including phenoxy) is 1. The quantitative estimate of drug-likeness (QED) is 0.728. The first kappa shape index (κ1) is 17.2. The lowest BCUT2D eigenvalue weighted by atomic mass is 10.2. The molecule has 0 saturated heterocycles. The van der Waals surface area contributed by atoms with Crippen LogP contribution >= 0.6 is 15.9 Å². The van der Waals surface area contributed by atoms with Crippen molar-refractivity contribution >= 4 is 32.7 Å². The molecule has 128 valence electrons. The summed E-state index contributed by atoms with van der Waals surface area (Å²) < 4.78 is 5.87. The largest absolute Gasteiger partial charge is 0.496 e. The Labute approximate surface area is 152 Å². The third-order valence-corrected chi connectivity index (χ3v) is 4.41. The number of amides is 1. The summed E-state index contributed by atoms with van der Waals surface area (Å²) >= 11 is 3.37. The molecular weight excluding hydrogens is 386 g/mol. The summed E-state index contributed by atoms with van der Waals surface area (Å²) in [6.45, 7) is 0.197. The molecule has 1 heterocycles. The van der Waals surface area contributed by atoms with E-state index in [9.17, 15) is 9.59 Å². The van der Waals surface area contributed by atoms with Gasteiger partial charge in [-0.2, -0.15) is 0 Å². The topological polar surface area (TPSA) is 75.3 Å². The van der Waals surface area contributed by atoms with Crippen LogP contribution in [0, 0.1) is 0 Å². The van der Waals surface area contributed by atoms with E-state index in [4.69, 9.17) is 4.74 Å². The zero-order chi connectivity index (χ0) is 18.0. The van der Waals surface area contributed by atoms with Crippen LogP contribution in [0.25, 0.3) is 10.9 Å². The van der Waals surface area contributed by atoms with E-state index < -0.39 is 0 Å². The van der Waals surface area contributed by atoms with Crippen LogP contribution in [-0.4, -0.2) is 34.9 Å². The normalized spacial score (nSPS) is 10.7. The standard InChI is InChI=1S/C18H16BrN3O3/c1-22(18(24)11-7-8-15(25-2)13(19)9-11)10-16-20-14-6-4-3-5-12(14)17(23)21-16/h3-9H,10H2,1-2H3,(H,20,21,23). The molecule has 1 aromatic heterocycles. The Morgan fingerprint density at radius 1 is 1.28 bits per heavy atom. The average Bonchev–Trinajstić information content (AvgIpc) is 2.61. The van der Waals surface area contributed by atoms with Crippen LogP contribution in [0.4, 0.5) is 0 Å². The van der Waals surface area contributed by atoms with Gasteiger partial charge in [0.25, 0.3) is 11.5 Å². The number of hydrogen-bond acceptors (Lipinski definition) is 4. The van der Waals surface area contributed by atoms with E-state index in [-0.39, 0.29) is 18.0 Å². The van der Waals surface area contributed by atoms with E-state index in [2.05, 4.69) is 25.9 Å². The molecule has 0 spiro atoms. The number of nitrogens with zero attached hydrogens (tertiary/aromatic N) is 2. The monoisotopic (exact) mass is 401 g/mol.